The van der Waals surface area contributed by atoms with Crippen LogP contribution in [0, 0.1) is 0 Å². The van der Waals surface area contributed by atoms with Gasteiger partial charge >= 0.3 is 5.97 Å². The minimum atomic E-state index is -1.21. The fourth-order valence-electron chi connectivity index (χ4n) is 1.74. The number of imide groups is 1. The van der Waals surface area contributed by atoms with Crippen LogP contribution in [-0.4, -0.2) is 40.0 Å². The first-order chi connectivity index (χ1) is 8.84. The van der Waals surface area contributed by atoms with Crippen LogP contribution in [0.1, 0.15) is 34.6 Å². The lowest BCUT2D eigenvalue weighted by Crippen LogP contribution is -2.52. The van der Waals surface area contributed by atoms with Crippen molar-refractivity contribution in [2.24, 2.45) is 0 Å². The lowest BCUT2D eigenvalue weighted by molar-refractivity contribution is -0.143. The second-order valence-electron chi connectivity index (χ2n) is 4.85. The van der Waals surface area contributed by atoms with Crippen LogP contribution in [0.5, 0.6) is 0 Å². The highest BCUT2D eigenvalue weighted by molar-refractivity contribution is 6.21. The molecule has 0 fully saturated rings. The van der Waals surface area contributed by atoms with E-state index in [2.05, 4.69) is 5.32 Å². The molecule has 0 unspecified atom stereocenters. The predicted octanol–water partition coefficient (Wildman–Crippen LogP) is 0.693. The SMILES string of the molecule is CC(C)(NCN1C(=O)c2ccccc2C1=O)C(=O)O. The first kappa shape index (κ1) is 13.2. The number of aliphatic carboxylic acids is 1. The Kier molecular flexibility index (Phi) is 3.11. The van der Waals surface area contributed by atoms with Crippen LogP contribution < -0.4 is 5.32 Å². The summed E-state index contributed by atoms with van der Waals surface area (Å²) in [6.45, 7) is 2.80. The van der Waals surface area contributed by atoms with E-state index in [9.17, 15) is 14.4 Å². The molecule has 2 amide bonds. The van der Waals surface area contributed by atoms with Crippen molar-refractivity contribution in [3.05, 3.63) is 35.4 Å². The van der Waals surface area contributed by atoms with Crippen LogP contribution >= 0.6 is 0 Å². The number of carboxylic acids is 1. The smallest absolute Gasteiger partial charge is 0.323 e. The molecule has 6 nitrogen and oxygen atoms in total. The third kappa shape index (κ3) is 2.22. The van der Waals surface area contributed by atoms with Gasteiger partial charge in [-0.1, -0.05) is 12.1 Å². The Labute approximate surface area is 110 Å². The molecule has 0 bridgehead atoms. The summed E-state index contributed by atoms with van der Waals surface area (Å²) in [5.41, 5.74) is -0.514. The van der Waals surface area contributed by atoms with E-state index in [4.69, 9.17) is 5.11 Å². The molecule has 1 aliphatic heterocycles. The number of carbonyl (C=O) groups is 3. The molecule has 19 heavy (non-hydrogen) atoms. The number of hydrogen-bond acceptors (Lipinski definition) is 4. The van der Waals surface area contributed by atoms with Crippen LogP contribution in [0.25, 0.3) is 0 Å². The number of amides is 2. The summed E-state index contributed by atoms with van der Waals surface area (Å²) in [5, 5.41) is 11.7. The van der Waals surface area contributed by atoms with E-state index in [-0.39, 0.29) is 6.67 Å². The topological polar surface area (TPSA) is 86.7 Å². The van der Waals surface area contributed by atoms with E-state index in [1.54, 1.807) is 24.3 Å². The molecule has 1 aromatic rings. The minimum Gasteiger partial charge on any atom is -0.480 e. The summed E-state index contributed by atoms with van der Waals surface area (Å²) < 4.78 is 0. The average molecular weight is 262 g/mol. The Balaban J connectivity index is 2.15. The Morgan fingerprint density at radius 3 is 2.11 bits per heavy atom. The summed E-state index contributed by atoms with van der Waals surface area (Å²) in [6.07, 6.45) is 0. The molecule has 0 aromatic heterocycles. The van der Waals surface area contributed by atoms with Crippen molar-refractivity contribution in [2.45, 2.75) is 19.4 Å². The maximum absolute atomic E-state index is 12.0. The van der Waals surface area contributed by atoms with Gasteiger partial charge in [-0.25, -0.2) is 0 Å². The van der Waals surface area contributed by atoms with Crippen molar-refractivity contribution in [3.8, 4) is 0 Å². The van der Waals surface area contributed by atoms with Gasteiger partial charge in [-0.15, -0.1) is 0 Å². The van der Waals surface area contributed by atoms with E-state index >= 15 is 0 Å². The van der Waals surface area contributed by atoms with Crippen molar-refractivity contribution in [2.75, 3.05) is 6.67 Å². The van der Waals surface area contributed by atoms with Gasteiger partial charge in [0.15, 0.2) is 0 Å². The summed E-state index contributed by atoms with van der Waals surface area (Å²) in [4.78, 5) is 36.0. The third-order valence-corrected chi connectivity index (χ3v) is 3.09. The third-order valence-electron chi connectivity index (χ3n) is 3.09. The van der Waals surface area contributed by atoms with Gasteiger partial charge in [-0.05, 0) is 26.0 Å². The van der Waals surface area contributed by atoms with Crippen molar-refractivity contribution in [3.63, 3.8) is 0 Å². The van der Waals surface area contributed by atoms with Gasteiger partial charge in [0.2, 0.25) is 0 Å². The number of nitrogens with one attached hydrogen (secondary N) is 1. The molecule has 1 aromatic carbocycles. The molecule has 0 spiro atoms. The van der Waals surface area contributed by atoms with Crippen LogP contribution in [0.15, 0.2) is 24.3 Å². The molecule has 0 saturated heterocycles. The summed E-state index contributed by atoms with van der Waals surface area (Å²) in [7, 11) is 0. The molecule has 0 radical (unpaired) electrons. The first-order valence-corrected chi connectivity index (χ1v) is 5.78. The number of carbonyl (C=O) groups excluding carboxylic acids is 2. The molecule has 2 rings (SSSR count). The second-order valence-corrected chi connectivity index (χ2v) is 4.85. The van der Waals surface area contributed by atoms with Crippen LogP contribution in [0.4, 0.5) is 0 Å². The monoisotopic (exact) mass is 262 g/mol. The Morgan fingerprint density at radius 2 is 1.68 bits per heavy atom. The zero-order valence-electron chi connectivity index (χ0n) is 10.6. The number of carboxylic acid groups (broad SMARTS) is 1. The molecule has 0 saturated carbocycles. The van der Waals surface area contributed by atoms with Gasteiger partial charge in [0.25, 0.3) is 11.8 Å². The normalized spacial score (nSPS) is 14.7. The second kappa shape index (κ2) is 4.47. The number of benzene rings is 1. The van der Waals surface area contributed by atoms with Crippen LogP contribution in [-0.2, 0) is 4.79 Å². The van der Waals surface area contributed by atoms with Crippen LogP contribution in [0.3, 0.4) is 0 Å². The number of rotatable bonds is 4. The fraction of sp³-hybridized carbons (Fsp3) is 0.308. The molecule has 0 aliphatic carbocycles. The maximum Gasteiger partial charge on any atom is 0.323 e. The molecule has 100 valence electrons. The minimum absolute atomic E-state index is 0.133. The molecular weight excluding hydrogens is 248 g/mol. The predicted molar refractivity (Wildman–Crippen MR) is 66.7 cm³/mol. The highest BCUT2D eigenvalue weighted by Crippen LogP contribution is 2.21. The highest BCUT2D eigenvalue weighted by atomic mass is 16.4. The summed E-state index contributed by atoms with van der Waals surface area (Å²) in [5.74, 6) is -1.87. The van der Waals surface area contributed by atoms with Gasteiger partial charge in [-0.2, -0.15) is 0 Å². The van der Waals surface area contributed by atoms with Gasteiger partial charge in [-0.3, -0.25) is 24.6 Å². The average Bonchev–Trinajstić information content (AvgIpc) is 2.60. The molecule has 2 N–H and O–H groups in total. The van der Waals surface area contributed by atoms with E-state index in [0.717, 1.165) is 4.90 Å². The highest BCUT2D eigenvalue weighted by Gasteiger charge is 2.36. The molecule has 6 heteroatoms. The van der Waals surface area contributed by atoms with E-state index in [0.29, 0.717) is 11.1 Å². The van der Waals surface area contributed by atoms with Gasteiger partial charge < -0.3 is 5.11 Å². The molecule has 1 heterocycles. The summed E-state index contributed by atoms with van der Waals surface area (Å²) >= 11 is 0. The maximum atomic E-state index is 12.0. The van der Waals surface area contributed by atoms with E-state index < -0.39 is 23.3 Å². The fourth-order valence-corrected chi connectivity index (χ4v) is 1.74. The van der Waals surface area contributed by atoms with Gasteiger partial charge in [0.1, 0.15) is 5.54 Å². The number of nitrogens with zero attached hydrogens (tertiary/aromatic N) is 1. The molecular formula is C13H14N2O4. The quantitative estimate of drug-likeness (QED) is 0.780. The lowest BCUT2D eigenvalue weighted by atomic mass is 10.1. The van der Waals surface area contributed by atoms with Gasteiger partial charge in [0, 0.05) is 0 Å². The molecule has 0 atom stereocenters. The van der Waals surface area contributed by atoms with E-state index in [1.807, 2.05) is 0 Å². The van der Waals surface area contributed by atoms with Crippen LogP contribution in [0.2, 0.25) is 0 Å². The van der Waals surface area contributed by atoms with Crippen molar-refractivity contribution in [1.29, 1.82) is 0 Å². The standard InChI is InChI=1S/C13H14N2O4/c1-13(2,12(18)19)14-7-15-10(16)8-5-3-4-6-9(8)11(15)17/h3-6,14H,7H2,1-2H3,(H,18,19). The number of hydrogen-bond donors (Lipinski definition) is 2. The van der Waals surface area contributed by atoms with Crippen molar-refractivity contribution in [1.82, 2.24) is 10.2 Å². The number of fused-ring (bicyclic) bond motifs is 1. The lowest BCUT2D eigenvalue weighted by Gasteiger charge is -2.24. The first-order valence-electron chi connectivity index (χ1n) is 5.78. The zero-order valence-corrected chi connectivity index (χ0v) is 10.6. The van der Waals surface area contributed by atoms with Crippen molar-refractivity contribution < 1.29 is 19.5 Å². The van der Waals surface area contributed by atoms with Crippen molar-refractivity contribution >= 4 is 17.8 Å². The summed E-state index contributed by atoms with van der Waals surface area (Å²) in [6, 6.07) is 6.53. The van der Waals surface area contributed by atoms with Gasteiger partial charge in [0.05, 0.1) is 17.8 Å². The Morgan fingerprint density at radius 1 is 1.21 bits per heavy atom. The zero-order chi connectivity index (χ0) is 14.2. The Bertz CT molecular complexity index is 531. The molecule has 1 aliphatic rings. The van der Waals surface area contributed by atoms with E-state index in [1.165, 1.54) is 13.8 Å². The Hall–Kier alpha value is -2.21. The largest absolute Gasteiger partial charge is 0.480 e.